The molecule has 0 unspecified atom stereocenters. The summed E-state index contributed by atoms with van der Waals surface area (Å²) in [5.41, 5.74) is 6.96. The number of rotatable bonds is 4. The molecule has 96 valence electrons. The van der Waals surface area contributed by atoms with E-state index in [1.165, 1.54) is 0 Å². The Balaban J connectivity index is 2.10. The van der Waals surface area contributed by atoms with Gasteiger partial charge in [0.15, 0.2) is 5.82 Å². The van der Waals surface area contributed by atoms with Gasteiger partial charge in [-0.2, -0.15) is 4.98 Å². The highest BCUT2D eigenvalue weighted by Gasteiger charge is 2.09. The summed E-state index contributed by atoms with van der Waals surface area (Å²) in [6, 6.07) is 0. The van der Waals surface area contributed by atoms with E-state index in [1.807, 2.05) is 6.92 Å². The Bertz CT molecular complexity index is 554. The van der Waals surface area contributed by atoms with Gasteiger partial charge in [0.2, 0.25) is 11.2 Å². The van der Waals surface area contributed by atoms with Gasteiger partial charge in [-0.15, -0.1) is 0 Å². The number of nitrogens with one attached hydrogen (secondary N) is 1. The highest BCUT2D eigenvalue weighted by Crippen LogP contribution is 2.21. The summed E-state index contributed by atoms with van der Waals surface area (Å²) in [6.45, 7) is 4.18. The average Bonchev–Trinajstić information content (AvgIpc) is 2.80. The molecular formula is C11H14ClN5O. The molecule has 0 saturated carbocycles. The first-order chi connectivity index (χ1) is 8.60. The lowest BCUT2D eigenvalue weighted by Crippen LogP contribution is -2.07. The molecule has 0 aliphatic carbocycles. The lowest BCUT2D eigenvalue weighted by Gasteiger charge is -2.08. The molecule has 2 aromatic heterocycles. The summed E-state index contributed by atoms with van der Waals surface area (Å²) in [5.74, 6) is 1.92. The molecule has 2 heterocycles. The van der Waals surface area contributed by atoms with Gasteiger partial charge in [0.05, 0.1) is 24.1 Å². The third-order valence-electron chi connectivity index (χ3n) is 2.47. The van der Waals surface area contributed by atoms with Gasteiger partial charge < -0.3 is 15.5 Å². The minimum atomic E-state index is 0.158. The van der Waals surface area contributed by atoms with Crippen LogP contribution in [0.15, 0.2) is 10.6 Å². The fourth-order valence-electron chi connectivity index (χ4n) is 1.43. The van der Waals surface area contributed by atoms with Crippen LogP contribution in [0.5, 0.6) is 0 Å². The maximum atomic E-state index is 5.85. The van der Waals surface area contributed by atoms with Crippen molar-refractivity contribution in [1.82, 2.24) is 15.0 Å². The van der Waals surface area contributed by atoms with Gasteiger partial charge in [-0.05, 0) is 18.5 Å². The molecule has 0 fully saturated rings. The Labute approximate surface area is 110 Å². The number of aryl methyl sites for hydroxylation is 2. The minimum absolute atomic E-state index is 0.158. The fraction of sp³-hybridized carbons (Fsp3) is 0.364. The van der Waals surface area contributed by atoms with Gasteiger partial charge in [0.25, 0.3) is 0 Å². The van der Waals surface area contributed by atoms with Crippen molar-refractivity contribution < 1.29 is 4.42 Å². The van der Waals surface area contributed by atoms with E-state index in [-0.39, 0.29) is 5.28 Å². The molecule has 2 rings (SSSR count). The third kappa shape index (κ3) is 2.70. The van der Waals surface area contributed by atoms with E-state index in [1.54, 1.807) is 13.1 Å². The van der Waals surface area contributed by atoms with Crippen LogP contribution in [0.4, 0.5) is 11.5 Å². The van der Waals surface area contributed by atoms with Crippen molar-refractivity contribution in [3.8, 4) is 0 Å². The number of oxazole rings is 1. The van der Waals surface area contributed by atoms with Crippen molar-refractivity contribution in [1.29, 1.82) is 0 Å². The monoisotopic (exact) mass is 267 g/mol. The maximum Gasteiger partial charge on any atom is 0.224 e. The van der Waals surface area contributed by atoms with E-state index in [9.17, 15) is 0 Å². The van der Waals surface area contributed by atoms with E-state index >= 15 is 0 Å². The molecule has 0 bridgehead atoms. The van der Waals surface area contributed by atoms with Crippen LogP contribution < -0.4 is 11.1 Å². The molecule has 0 saturated heterocycles. The van der Waals surface area contributed by atoms with Gasteiger partial charge in [0.1, 0.15) is 5.76 Å². The lowest BCUT2D eigenvalue weighted by molar-refractivity contribution is 0.465. The molecule has 0 aliphatic heterocycles. The number of nitrogens with two attached hydrogens (primary N) is 1. The van der Waals surface area contributed by atoms with Crippen molar-refractivity contribution in [2.24, 2.45) is 0 Å². The lowest BCUT2D eigenvalue weighted by atomic mass is 10.3. The smallest absolute Gasteiger partial charge is 0.224 e. The second-order valence-corrected chi connectivity index (χ2v) is 4.11. The average molecular weight is 268 g/mol. The van der Waals surface area contributed by atoms with Crippen LogP contribution >= 0.6 is 11.6 Å². The predicted molar refractivity (Wildman–Crippen MR) is 69.4 cm³/mol. The summed E-state index contributed by atoms with van der Waals surface area (Å²) in [5, 5.41) is 3.19. The zero-order valence-electron chi connectivity index (χ0n) is 10.2. The second-order valence-electron chi connectivity index (χ2n) is 3.77. The number of aromatic nitrogens is 3. The van der Waals surface area contributed by atoms with Crippen LogP contribution in [-0.2, 0) is 13.0 Å². The maximum absolute atomic E-state index is 5.85. The molecular weight excluding hydrogens is 254 g/mol. The topological polar surface area (TPSA) is 89.9 Å². The highest BCUT2D eigenvalue weighted by atomic mass is 35.5. The predicted octanol–water partition coefficient (Wildman–Crippen LogP) is 2.18. The van der Waals surface area contributed by atoms with Crippen molar-refractivity contribution in [2.75, 3.05) is 11.1 Å². The van der Waals surface area contributed by atoms with Gasteiger partial charge in [-0.3, -0.25) is 0 Å². The summed E-state index contributed by atoms with van der Waals surface area (Å²) in [4.78, 5) is 12.1. The second kappa shape index (κ2) is 5.22. The summed E-state index contributed by atoms with van der Waals surface area (Å²) < 4.78 is 5.46. The summed E-state index contributed by atoms with van der Waals surface area (Å²) >= 11 is 5.77. The summed E-state index contributed by atoms with van der Waals surface area (Å²) in [6.07, 6.45) is 2.52. The first kappa shape index (κ1) is 12.6. The first-order valence-electron chi connectivity index (χ1n) is 5.57. The number of anilines is 2. The van der Waals surface area contributed by atoms with E-state index in [0.29, 0.717) is 29.6 Å². The Hall–Kier alpha value is -1.82. The Morgan fingerprint density at radius 2 is 2.22 bits per heavy atom. The number of hydrogen-bond donors (Lipinski definition) is 2. The molecule has 6 nitrogen and oxygen atoms in total. The van der Waals surface area contributed by atoms with Crippen LogP contribution in [0.2, 0.25) is 5.28 Å². The van der Waals surface area contributed by atoms with Gasteiger partial charge >= 0.3 is 0 Å². The Morgan fingerprint density at radius 1 is 1.44 bits per heavy atom. The molecule has 3 N–H and O–H groups in total. The molecule has 0 aliphatic rings. The Morgan fingerprint density at radius 3 is 2.89 bits per heavy atom. The van der Waals surface area contributed by atoms with E-state index < -0.39 is 0 Å². The molecule has 7 heteroatoms. The van der Waals surface area contributed by atoms with Crippen molar-refractivity contribution >= 4 is 23.1 Å². The highest BCUT2D eigenvalue weighted by molar-refractivity contribution is 6.28. The van der Waals surface area contributed by atoms with Crippen molar-refractivity contribution in [3.05, 3.63) is 28.8 Å². The largest absolute Gasteiger partial charge is 0.444 e. The van der Waals surface area contributed by atoms with Crippen molar-refractivity contribution in [2.45, 2.75) is 26.8 Å². The summed E-state index contributed by atoms with van der Waals surface area (Å²) in [7, 11) is 0. The van der Waals surface area contributed by atoms with E-state index in [2.05, 4.69) is 20.3 Å². The molecule has 0 atom stereocenters. The van der Waals surface area contributed by atoms with Crippen LogP contribution in [0.1, 0.15) is 24.3 Å². The Kier molecular flexibility index (Phi) is 3.66. The van der Waals surface area contributed by atoms with E-state index in [0.717, 1.165) is 12.2 Å². The number of nitrogens with zero attached hydrogens (tertiary/aromatic N) is 3. The van der Waals surface area contributed by atoms with Crippen LogP contribution in [0, 0.1) is 6.92 Å². The SMILES string of the molecule is CCc1cnc(CNc2nc(Cl)nc(C)c2N)o1. The molecule has 18 heavy (non-hydrogen) atoms. The van der Waals surface area contributed by atoms with Crippen LogP contribution in [0.3, 0.4) is 0 Å². The molecule has 0 aromatic carbocycles. The quantitative estimate of drug-likeness (QED) is 0.825. The zero-order chi connectivity index (χ0) is 13.1. The standard InChI is InChI=1S/C11H14ClN5O/c1-3-7-4-14-8(18-7)5-15-10-9(13)6(2)16-11(12)17-10/h4H,3,5,13H2,1-2H3,(H,15,16,17). The van der Waals surface area contributed by atoms with Crippen LogP contribution in [-0.4, -0.2) is 15.0 Å². The molecule has 0 radical (unpaired) electrons. The zero-order valence-corrected chi connectivity index (χ0v) is 11.0. The minimum Gasteiger partial charge on any atom is -0.444 e. The van der Waals surface area contributed by atoms with Gasteiger partial charge in [-0.25, -0.2) is 9.97 Å². The van der Waals surface area contributed by atoms with Gasteiger partial charge in [-0.1, -0.05) is 6.92 Å². The number of halogens is 1. The molecule has 0 amide bonds. The van der Waals surface area contributed by atoms with E-state index in [4.69, 9.17) is 21.8 Å². The number of nitrogen functional groups attached to an aromatic ring is 1. The first-order valence-corrected chi connectivity index (χ1v) is 5.95. The third-order valence-corrected chi connectivity index (χ3v) is 2.63. The normalized spacial score (nSPS) is 10.6. The van der Waals surface area contributed by atoms with Crippen LogP contribution in [0.25, 0.3) is 0 Å². The van der Waals surface area contributed by atoms with Gasteiger partial charge in [0, 0.05) is 6.42 Å². The fourth-order valence-corrected chi connectivity index (χ4v) is 1.65. The molecule has 2 aromatic rings. The number of hydrogen-bond acceptors (Lipinski definition) is 6. The molecule has 0 spiro atoms. The van der Waals surface area contributed by atoms with Crippen molar-refractivity contribution in [3.63, 3.8) is 0 Å².